The molecule has 1 aliphatic heterocycles. The maximum atomic E-state index is 14.5. The zero-order valence-corrected chi connectivity index (χ0v) is 19.2. The Bertz CT molecular complexity index is 1190. The minimum atomic E-state index is -0.284. The molecule has 0 spiro atoms. The van der Waals surface area contributed by atoms with E-state index < -0.39 is 0 Å². The Labute approximate surface area is 191 Å². The molecular formula is C25H27FN4OS. The number of ether oxygens (including phenoxy) is 1. The fourth-order valence-electron chi connectivity index (χ4n) is 3.50. The topological polar surface area (TPSA) is 42.1 Å². The van der Waals surface area contributed by atoms with Crippen LogP contribution in [-0.2, 0) is 4.74 Å². The molecule has 0 radical (unpaired) electrons. The fourth-order valence-corrected chi connectivity index (χ4v) is 4.33. The number of anilines is 1. The smallest absolute Gasteiger partial charge is 0.206 e. The lowest BCUT2D eigenvalue weighted by Crippen LogP contribution is -2.36. The van der Waals surface area contributed by atoms with E-state index in [1.165, 1.54) is 23.1 Å². The average Bonchev–Trinajstić information content (AvgIpc) is 3.20. The molecule has 1 aromatic heterocycles. The van der Waals surface area contributed by atoms with E-state index in [1.807, 2.05) is 25.3 Å². The molecule has 2 heterocycles. The number of rotatable bonds is 6. The van der Waals surface area contributed by atoms with Crippen LogP contribution < -0.4 is 9.70 Å². The largest absolute Gasteiger partial charge is 0.378 e. The zero-order valence-electron chi connectivity index (χ0n) is 18.4. The second-order valence-corrected chi connectivity index (χ2v) is 8.64. The van der Waals surface area contributed by atoms with Crippen LogP contribution in [-0.4, -0.2) is 43.2 Å². The average molecular weight is 451 g/mol. The van der Waals surface area contributed by atoms with Crippen LogP contribution >= 0.6 is 11.3 Å². The van der Waals surface area contributed by atoms with Gasteiger partial charge in [0.15, 0.2) is 0 Å². The summed E-state index contributed by atoms with van der Waals surface area (Å²) in [7, 11) is 0. The van der Waals surface area contributed by atoms with Gasteiger partial charge in [0.05, 0.1) is 31.2 Å². The van der Waals surface area contributed by atoms with Crippen molar-refractivity contribution < 1.29 is 9.13 Å². The molecule has 0 unspecified atom stereocenters. The second kappa shape index (κ2) is 10.1. The predicted molar refractivity (Wildman–Crippen MR) is 130 cm³/mol. The van der Waals surface area contributed by atoms with E-state index in [-0.39, 0.29) is 5.82 Å². The molecule has 32 heavy (non-hydrogen) atoms. The van der Waals surface area contributed by atoms with E-state index in [1.54, 1.807) is 16.8 Å². The normalized spacial score (nSPS) is 15.3. The van der Waals surface area contributed by atoms with Crippen LogP contribution in [0.15, 0.2) is 76.2 Å². The molecule has 0 saturated carbocycles. The number of hydrogen-bond donors (Lipinski definition) is 0. The second-order valence-electron chi connectivity index (χ2n) is 7.80. The van der Waals surface area contributed by atoms with Crippen molar-refractivity contribution in [3.05, 3.63) is 82.2 Å². The van der Waals surface area contributed by atoms with Gasteiger partial charge < -0.3 is 9.64 Å². The van der Waals surface area contributed by atoms with E-state index in [9.17, 15) is 4.39 Å². The van der Waals surface area contributed by atoms with Gasteiger partial charge in [-0.25, -0.2) is 9.07 Å². The van der Waals surface area contributed by atoms with Gasteiger partial charge in [-0.3, -0.25) is 4.99 Å². The van der Waals surface area contributed by atoms with Crippen LogP contribution in [0.25, 0.3) is 11.3 Å². The van der Waals surface area contributed by atoms with Gasteiger partial charge >= 0.3 is 0 Å². The Kier molecular flexibility index (Phi) is 6.97. The van der Waals surface area contributed by atoms with Crippen LogP contribution in [0.1, 0.15) is 19.4 Å². The molecule has 1 fully saturated rings. The third-order valence-corrected chi connectivity index (χ3v) is 6.08. The van der Waals surface area contributed by atoms with Crippen LogP contribution in [0, 0.1) is 5.82 Å². The highest BCUT2D eigenvalue weighted by Crippen LogP contribution is 2.24. The van der Waals surface area contributed by atoms with Gasteiger partial charge in [-0.15, -0.1) is 11.3 Å². The van der Waals surface area contributed by atoms with Gasteiger partial charge in [0.25, 0.3) is 0 Å². The maximum Gasteiger partial charge on any atom is 0.206 e. The molecule has 4 rings (SSSR count). The number of benzene rings is 2. The van der Waals surface area contributed by atoms with Crippen molar-refractivity contribution >= 4 is 22.7 Å². The highest BCUT2D eigenvalue weighted by molar-refractivity contribution is 7.07. The first-order chi connectivity index (χ1) is 15.5. The summed E-state index contributed by atoms with van der Waals surface area (Å²) in [6.45, 7) is 11.6. The molecule has 3 aromatic rings. The predicted octanol–water partition coefficient (Wildman–Crippen LogP) is 4.94. The van der Waals surface area contributed by atoms with Crippen molar-refractivity contribution in [3.63, 3.8) is 0 Å². The summed E-state index contributed by atoms with van der Waals surface area (Å²) in [5, 5.41) is 6.74. The van der Waals surface area contributed by atoms with Crippen molar-refractivity contribution in [2.24, 2.45) is 10.1 Å². The molecule has 5 nitrogen and oxygen atoms in total. The van der Waals surface area contributed by atoms with Gasteiger partial charge in [0, 0.05) is 29.7 Å². The first-order valence-corrected chi connectivity index (χ1v) is 11.5. The van der Waals surface area contributed by atoms with Crippen molar-refractivity contribution in [3.8, 4) is 11.3 Å². The number of hydrogen-bond acceptors (Lipinski definition) is 5. The minimum Gasteiger partial charge on any atom is -0.378 e. The van der Waals surface area contributed by atoms with E-state index in [2.05, 4.69) is 40.7 Å². The Morgan fingerprint density at radius 2 is 1.81 bits per heavy atom. The number of aromatic nitrogens is 1. The Morgan fingerprint density at radius 3 is 2.50 bits per heavy atom. The summed E-state index contributed by atoms with van der Waals surface area (Å²) in [5.41, 5.74) is 5.14. The first kappa shape index (κ1) is 22.2. The lowest BCUT2D eigenvalue weighted by atomic mass is 10.1. The quantitative estimate of drug-likeness (QED) is 0.394. The molecule has 2 aromatic carbocycles. The lowest BCUT2D eigenvalue weighted by molar-refractivity contribution is 0.122. The molecule has 0 bridgehead atoms. The molecule has 0 N–H and O–H groups in total. The molecular weight excluding hydrogens is 423 g/mol. The van der Waals surface area contributed by atoms with Crippen molar-refractivity contribution in [1.82, 2.24) is 4.68 Å². The van der Waals surface area contributed by atoms with Crippen LogP contribution in [0.5, 0.6) is 0 Å². The van der Waals surface area contributed by atoms with Gasteiger partial charge in [0.2, 0.25) is 4.80 Å². The Hall–Kier alpha value is -3.03. The van der Waals surface area contributed by atoms with Crippen molar-refractivity contribution in [1.29, 1.82) is 0 Å². The standard InChI is InChI=1S/C25H27FN4OS/c1-18(2)16-27-25-30(24(17-32-25)22-6-4-5-7-23(22)26)28-19(3)20-8-10-21(11-9-20)29-12-14-31-15-13-29/h4-11,17H,1,12-16H2,2-3H3. The molecule has 0 atom stereocenters. The number of morpholine rings is 1. The van der Waals surface area contributed by atoms with Crippen LogP contribution in [0.3, 0.4) is 0 Å². The number of nitrogens with zero attached hydrogens (tertiary/aromatic N) is 4. The minimum absolute atomic E-state index is 0.284. The third kappa shape index (κ3) is 5.06. The monoisotopic (exact) mass is 450 g/mol. The molecule has 1 aliphatic rings. The highest BCUT2D eigenvalue weighted by atomic mass is 32.1. The summed E-state index contributed by atoms with van der Waals surface area (Å²) in [6.07, 6.45) is 0. The molecule has 0 aliphatic carbocycles. The van der Waals surface area contributed by atoms with Gasteiger partial charge in [-0.1, -0.05) is 36.4 Å². The number of halogens is 1. The molecule has 7 heteroatoms. The van der Waals surface area contributed by atoms with Crippen LogP contribution in [0.2, 0.25) is 0 Å². The molecule has 166 valence electrons. The maximum absolute atomic E-state index is 14.5. The first-order valence-electron chi connectivity index (χ1n) is 10.6. The molecule has 0 amide bonds. The summed E-state index contributed by atoms with van der Waals surface area (Å²) in [6, 6.07) is 15.1. The van der Waals surface area contributed by atoms with E-state index >= 15 is 0 Å². The van der Waals surface area contributed by atoms with E-state index in [4.69, 9.17) is 9.84 Å². The van der Waals surface area contributed by atoms with Crippen LogP contribution in [0.4, 0.5) is 10.1 Å². The van der Waals surface area contributed by atoms with Crippen molar-refractivity contribution in [2.45, 2.75) is 13.8 Å². The molecule has 1 saturated heterocycles. The Morgan fingerprint density at radius 1 is 1.09 bits per heavy atom. The fraction of sp³-hybridized carbons (Fsp3) is 0.280. The van der Waals surface area contributed by atoms with E-state index in [0.717, 1.165) is 43.2 Å². The summed E-state index contributed by atoms with van der Waals surface area (Å²) < 4.78 is 21.7. The third-order valence-electron chi connectivity index (χ3n) is 5.23. The number of thiazole rings is 1. The summed E-state index contributed by atoms with van der Waals surface area (Å²) in [4.78, 5) is 7.66. The lowest BCUT2D eigenvalue weighted by Gasteiger charge is -2.28. The summed E-state index contributed by atoms with van der Waals surface area (Å²) >= 11 is 1.44. The Balaban J connectivity index is 1.71. The summed E-state index contributed by atoms with van der Waals surface area (Å²) in [5.74, 6) is -0.284. The SMILES string of the molecule is C=C(C)CN=c1scc(-c2ccccc2F)n1N=C(C)c1ccc(N2CCOCC2)cc1. The zero-order chi connectivity index (χ0) is 22.5. The van der Waals surface area contributed by atoms with Crippen molar-refractivity contribution in [2.75, 3.05) is 37.7 Å². The van der Waals surface area contributed by atoms with Gasteiger partial charge in [-0.05, 0) is 43.7 Å². The highest BCUT2D eigenvalue weighted by Gasteiger charge is 2.14. The van der Waals surface area contributed by atoms with Gasteiger partial charge in [0.1, 0.15) is 5.82 Å². The van der Waals surface area contributed by atoms with Gasteiger partial charge in [-0.2, -0.15) is 5.10 Å². The van der Waals surface area contributed by atoms with E-state index in [0.29, 0.717) is 22.6 Å².